The van der Waals surface area contributed by atoms with Crippen molar-refractivity contribution in [2.75, 3.05) is 6.61 Å². The van der Waals surface area contributed by atoms with Crippen LogP contribution in [0.3, 0.4) is 0 Å². The summed E-state index contributed by atoms with van der Waals surface area (Å²) in [6.07, 6.45) is 4.49. The van der Waals surface area contributed by atoms with Crippen molar-refractivity contribution < 1.29 is 23.1 Å². The van der Waals surface area contributed by atoms with Gasteiger partial charge in [0.1, 0.15) is 23.0 Å². The molecular weight excluding hydrogens is 465 g/mol. The van der Waals surface area contributed by atoms with Gasteiger partial charge >= 0.3 is 13.7 Å². The van der Waals surface area contributed by atoms with Crippen LogP contribution in [-0.4, -0.2) is 34.1 Å². The Morgan fingerprint density at radius 3 is 2.57 bits per heavy atom. The Morgan fingerprint density at radius 1 is 1.23 bits per heavy atom. The van der Waals surface area contributed by atoms with Crippen molar-refractivity contribution in [3.05, 3.63) is 78.6 Å². The number of hydrogen-bond donors (Lipinski definition) is 2. The summed E-state index contributed by atoms with van der Waals surface area (Å²) in [5.74, 6) is -0.180. The van der Waals surface area contributed by atoms with E-state index in [4.69, 9.17) is 13.8 Å². The number of nitrogens with one attached hydrogen (secondary N) is 2. The fourth-order valence-corrected chi connectivity index (χ4v) is 5.22. The summed E-state index contributed by atoms with van der Waals surface area (Å²) in [5, 5.41) is 2.73. The summed E-state index contributed by atoms with van der Waals surface area (Å²) < 4.78 is 31.6. The van der Waals surface area contributed by atoms with E-state index >= 15 is 0 Å². The van der Waals surface area contributed by atoms with Crippen LogP contribution in [0.1, 0.15) is 38.8 Å². The molecule has 0 aliphatic rings. The van der Waals surface area contributed by atoms with Crippen molar-refractivity contribution in [3.8, 4) is 17.1 Å². The summed E-state index contributed by atoms with van der Waals surface area (Å²) in [4.78, 5) is 20.1. The predicted molar refractivity (Wildman–Crippen MR) is 137 cm³/mol. The van der Waals surface area contributed by atoms with E-state index in [-0.39, 0.29) is 13.0 Å². The van der Waals surface area contributed by atoms with Gasteiger partial charge in [-0.1, -0.05) is 49.1 Å². The number of aromatic amines is 1. The zero-order valence-corrected chi connectivity index (χ0v) is 21.4. The molecule has 1 aromatic heterocycles. The third kappa shape index (κ3) is 7.31. The summed E-state index contributed by atoms with van der Waals surface area (Å²) in [6, 6.07) is 14.7. The van der Waals surface area contributed by atoms with E-state index in [0.717, 1.165) is 11.1 Å². The minimum absolute atomic E-state index is 0.111. The lowest BCUT2D eigenvalue weighted by Gasteiger charge is -2.29. The third-order valence-electron chi connectivity index (χ3n) is 4.86. The molecule has 186 valence electrons. The Labute approximate surface area is 206 Å². The third-order valence-corrected chi connectivity index (χ3v) is 7.01. The number of carbonyl (C=O) groups excluding carboxylic acids is 1. The van der Waals surface area contributed by atoms with E-state index in [9.17, 15) is 9.36 Å². The number of ether oxygens (including phenoxy) is 1. The van der Waals surface area contributed by atoms with Crippen molar-refractivity contribution >= 4 is 19.8 Å². The van der Waals surface area contributed by atoms with Gasteiger partial charge in [0.2, 0.25) is 0 Å². The fourth-order valence-electron chi connectivity index (χ4n) is 3.37. The molecule has 2 atom stereocenters. The van der Waals surface area contributed by atoms with Crippen molar-refractivity contribution in [2.24, 2.45) is 0 Å². The standard InChI is InChI=1S/C26H32N3O5P/c1-6-19-13-14-22(21(17-19)24-27-15-16-28-24)34-35(31,32-7-2)23(18-20-11-9-8-10-12-20)29-25(30)33-26(3,4)5/h6,8-17,23H,1,7,18H2,2-5H3,(H,27,28)(H,29,30)/t23-,35?/m0/s1. The lowest BCUT2D eigenvalue weighted by molar-refractivity contribution is 0.0512. The van der Waals surface area contributed by atoms with Crippen LogP contribution in [0.2, 0.25) is 0 Å². The highest BCUT2D eigenvalue weighted by Crippen LogP contribution is 2.54. The molecule has 0 spiro atoms. The minimum atomic E-state index is -3.97. The average molecular weight is 498 g/mol. The maximum atomic E-state index is 14.3. The van der Waals surface area contributed by atoms with Gasteiger partial charge in [0.15, 0.2) is 0 Å². The first-order valence-electron chi connectivity index (χ1n) is 11.4. The largest absolute Gasteiger partial charge is 0.444 e. The molecule has 0 saturated carbocycles. The SMILES string of the molecule is C=Cc1ccc(OP(=O)(OCC)[C@@H](Cc2ccccc2)NC(=O)OC(C)(C)C)c(-c2ncc[nH]2)c1. The Bertz CT molecular complexity index is 1170. The molecule has 0 fully saturated rings. The number of aromatic nitrogens is 2. The number of nitrogens with zero attached hydrogens (tertiary/aromatic N) is 1. The van der Waals surface area contributed by atoms with Gasteiger partial charge < -0.3 is 19.6 Å². The van der Waals surface area contributed by atoms with Gasteiger partial charge in [0.25, 0.3) is 0 Å². The Balaban J connectivity index is 2.02. The Kier molecular flexibility index (Phi) is 8.54. The van der Waals surface area contributed by atoms with Crippen LogP contribution >= 0.6 is 7.60 Å². The van der Waals surface area contributed by atoms with E-state index in [1.807, 2.05) is 36.4 Å². The molecule has 3 aromatic rings. The molecule has 2 aromatic carbocycles. The fraction of sp³-hybridized carbons (Fsp3) is 0.308. The molecule has 0 aliphatic heterocycles. The van der Waals surface area contributed by atoms with E-state index < -0.39 is 25.1 Å². The quantitative estimate of drug-likeness (QED) is 0.313. The molecule has 0 aliphatic carbocycles. The van der Waals surface area contributed by atoms with Crippen LogP contribution in [0.4, 0.5) is 4.79 Å². The number of alkyl carbamates (subject to hydrolysis) is 1. The van der Waals surface area contributed by atoms with E-state index in [1.54, 1.807) is 58.3 Å². The summed E-state index contributed by atoms with van der Waals surface area (Å²) in [6.45, 7) is 10.9. The van der Waals surface area contributed by atoms with Crippen molar-refractivity contribution in [3.63, 3.8) is 0 Å². The summed E-state index contributed by atoms with van der Waals surface area (Å²) in [7, 11) is -3.97. The van der Waals surface area contributed by atoms with Crippen LogP contribution in [0.5, 0.6) is 5.75 Å². The highest BCUT2D eigenvalue weighted by molar-refractivity contribution is 7.55. The molecule has 1 heterocycles. The van der Waals surface area contributed by atoms with E-state index in [2.05, 4.69) is 21.9 Å². The first kappa shape index (κ1) is 26.3. The highest BCUT2D eigenvalue weighted by atomic mass is 31.2. The Morgan fingerprint density at radius 2 is 1.97 bits per heavy atom. The van der Waals surface area contributed by atoms with E-state index in [1.165, 1.54) is 0 Å². The van der Waals surface area contributed by atoms with Crippen LogP contribution < -0.4 is 9.84 Å². The Hall–Kier alpha value is -3.35. The van der Waals surface area contributed by atoms with Gasteiger partial charge in [0, 0.05) is 18.8 Å². The lowest BCUT2D eigenvalue weighted by atomic mass is 10.1. The molecule has 1 amide bonds. The van der Waals surface area contributed by atoms with Gasteiger partial charge in [-0.05, 0) is 51.0 Å². The second-order valence-corrected chi connectivity index (χ2v) is 10.9. The molecular formula is C26H32N3O5P. The van der Waals surface area contributed by atoms with Crippen LogP contribution in [-0.2, 0) is 20.2 Å². The van der Waals surface area contributed by atoms with Gasteiger partial charge in [-0.25, -0.2) is 14.3 Å². The predicted octanol–water partition coefficient (Wildman–Crippen LogP) is 6.42. The maximum Gasteiger partial charge on any atom is 0.408 e. The molecule has 8 nitrogen and oxygen atoms in total. The van der Waals surface area contributed by atoms with Gasteiger partial charge in [-0.15, -0.1) is 0 Å². The number of H-pyrrole nitrogens is 1. The molecule has 9 heteroatoms. The smallest absolute Gasteiger partial charge is 0.408 e. The second kappa shape index (κ2) is 11.4. The minimum Gasteiger partial charge on any atom is -0.444 e. The molecule has 2 N–H and O–H groups in total. The van der Waals surface area contributed by atoms with Crippen molar-refractivity contribution in [1.82, 2.24) is 15.3 Å². The normalized spacial score (nSPS) is 13.9. The van der Waals surface area contributed by atoms with Gasteiger partial charge in [-0.2, -0.15) is 0 Å². The molecule has 0 saturated heterocycles. The van der Waals surface area contributed by atoms with Crippen molar-refractivity contribution in [1.29, 1.82) is 0 Å². The van der Waals surface area contributed by atoms with Crippen molar-refractivity contribution in [2.45, 2.75) is 45.5 Å². The van der Waals surface area contributed by atoms with Crippen LogP contribution in [0.25, 0.3) is 17.5 Å². The monoisotopic (exact) mass is 497 g/mol. The number of carbonyl (C=O) groups is 1. The number of imidazole rings is 1. The second-order valence-electron chi connectivity index (χ2n) is 8.80. The lowest BCUT2D eigenvalue weighted by Crippen LogP contribution is -2.41. The highest BCUT2D eigenvalue weighted by Gasteiger charge is 2.40. The van der Waals surface area contributed by atoms with Gasteiger partial charge in [0.05, 0.1) is 12.2 Å². The van der Waals surface area contributed by atoms with Gasteiger partial charge in [-0.3, -0.25) is 4.52 Å². The summed E-state index contributed by atoms with van der Waals surface area (Å²) in [5.41, 5.74) is 1.54. The number of hydrogen-bond acceptors (Lipinski definition) is 6. The molecule has 35 heavy (non-hydrogen) atoms. The molecule has 0 bridgehead atoms. The van der Waals surface area contributed by atoms with E-state index in [0.29, 0.717) is 17.1 Å². The maximum absolute atomic E-state index is 14.3. The number of rotatable bonds is 10. The average Bonchev–Trinajstić information content (AvgIpc) is 3.33. The zero-order chi connectivity index (χ0) is 25.5. The molecule has 0 radical (unpaired) electrons. The topological polar surface area (TPSA) is 103 Å². The number of amides is 1. The first-order valence-corrected chi connectivity index (χ1v) is 13.0. The zero-order valence-electron chi connectivity index (χ0n) is 20.5. The summed E-state index contributed by atoms with van der Waals surface area (Å²) >= 11 is 0. The molecule has 3 rings (SSSR count). The first-order chi connectivity index (χ1) is 16.6. The van der Waals surface area contributed by atoms with Crippen LogP contribution in [0, 0.1) is 0 Å². The molecule has 1 unspecified atom stereocenters. The number of benzene rings is 2. The van der Waals surface area contributed by atoms with Crippen LogP contribution in [0.15, 0.2) is 67.5 Å².